The van der Waals surface area contributed by atoms with E-state index in [9.17, 15) is 14.0 Å². The van der Waals surface area contributed by atoms with Crippen LogP contribution in [0.15, 0.2) is 60.7 Å². The summed E-state index contributed by atoms with van der Waals surface area (Å²) in [5, 5.41) is 5.57. The molecule has 0 bridgehead atoms. The number of hydrogen-bond donors (Lipinski definition) is 2. The third-order valence-electron chi connectivity index (χ3n) is 4.49. The molecule has 2 amide bonds. The zero-order valence-corrected chi connectivity index (χ0v) is 16.3. The molecule has 8 heteroatoms. The lowest BCUT2D eigenvalue weighted by atomic mass is 10.1. The van der Waals surface area contributed by atoms with Gasteiger partial charge in [0.25, 0.3) is 11.8 Å². The fourth-order valence-corrected chi connectivity index (χ4v) is 3.14. The molecule has 0 spiro atoms. The second kappa shape index (κ2) is 8.42. The van der Waals surface area contributed by atoms with E-state index >= 15 is 0 Å². The zero-order chi connectivity index (χ0) is 21.1. The Morgan fingerprint density at radius 1 is 0.933 bits per heavy atom. The van der Waals surface area contributed by atoms with Gasteiger partial charge in [-0.1, -0.05) is 29.8 Å². The van der Waals surface area contributed by atoms with Crippen molar-refractivity contribution in [2.45, 2.75) is 6.54 Å². The minimum atomic E-state index is -0.746. The highest BCUT2D eigenvalue weighted by Gasteiger charge is 2.17. The van der Waals surface area contributed by atoms with E-state index in [1.165, 1.54) is 12.1 Å². The Bertz CT molecular complexity index is 1140. The van der Waals surface area contributed by atoms with Gasteiger partial charge in [-0.25, -0.2) is 4.39 Å². The van der Waals surface area contributed by atoms with Gasteiger partial charge in [0.2, 0.25) is 6.79 Å². The summed E-state index contributed by atoms with van der Waals surface area (Å²) in [7, 11) is 0. The number of halogens is 2. The van der Waals surface area contributed by atoms with Crippen LogP contribution in [0.2, 0.25) is 5.02 Å². The number of carbonyl (C=O) groups excluding carboxylic acids is 2. The molecule has 2 N–H and O–H groups in total. The summed E-state index contributed by atoms with van der Waals surface area (Å²) in [6, 6.07) is 15.6. The molecule has 1 heterocycles. The fraction of sp³-hybridized carbons (Fsp3) is 0.0909. The SMILES string of the molecule is O=C(Nc1ccccc1C(=O)NCc1ccc2c(c1)OCO2)c1ccc(Cl)cc1F. The summed E-state index contributed by atoms with van der Waals surface area (Å²) >= 11 is 5.73. The molecule has 3 aromatic rings. The molecule has 0 fully saturated rings. The third-order valence-corrected chi connectivity index (χ3v) is 4.72. The monoisotopic (exact) mass is 426 g/mol. The van der Waals surface area contributed by atoms with E-state index in [1.54, 1.807) is 36.4 Å². The lowest BCUT2D eigenvalue weighted by molar-refractivity contribution is 0.0951. The molecular weight excluding hydrogens is 411 g/mol. The van der Waals surface area contributed by atoms with Crippen molar-refractivity contribution < 1.29 is 23.5 Å². The second-order valence-electron chi connectivity index (χ2n) is 6.49. The van der Waals surface area contributed by atoms with Crippen molar-refractivity contribution >= 4 is 29.1 Å². The first-order valence-electron chi connectivity index (χ1n) is 9.03. The van der Waals surface area contributed by atoms with Crippen LogP contribution in [0.25, 0.3) is 0 Å². The van der Waals surface area contributed by atoms with Crippen molar-refractivity contribution in [2.24, 2.45) is 0 Å². The standard InChI is InChI=1S/C22H16ClFN2O4/c23-14-6-7-15(17(24)10-14)22(28)26-18-4-2-1-3-16(18)21(27)25-11-13-5-8-19-20(9-13)30-12-29-19/h1-10H,11-12H2,(H,25,27)(H,26,28). The maximum absolute atomic E-state index is 14.0. The molecule has 152 valence electrons. The number of fused-ring (bicyclic) bond motifs is 1. The van der Waals surface area contributed by atoms with Crippen molar-refractivity contribution in [3.8, 4) is 11.5 Å². The van der Waals surface area contributed by atoms with Crippen molar-refractivity contribution in [2.75, 3.05) is 12.1 Å². The maximum Gasteiger partial charge on any atom is 0.258 e. The van der Waals surface area contributed by atoms with E-state index in [4.69, 9.17) is 21.1 Å². The highest BCUT2D eigenvalue weighted by molar-refractivity contribution is 6.30. The molecule has 0 saturated carbocycles. The van der Waals surface area contributed by atoms with Crippen LogP contribution in [-0.4, -0.2) is 18.6 Å². The Kier molecular flexibility index (Phi) is 5.54. The number of nitrogens with one attached hydrogen (secondary N) is 2. The summed E-state index contributed by atoms with van der Waals surface area (Å²) in [6.07, 6.45) is 0. The van der Waals surface area contributed by atoms with Crippen molar-refractivity contribution in [3.05, 3.63) is 88.2 Å². The molecule has 30 heavy (non-hydrogen) atoms. The Balaban J connectivity index is 1.47. The molecule has 0 aliphatic carbocycles. The van der Waals surface area contributed by atoms with Gasteiger partial charge in [0.1, 0.15) is 5.82 Å². The lowest BCUT2D eigenvalue weighted by Crippen LogP contribution is -2.25. The number of carbonyl (C=O) groups is 2. The van der Waals surface area contributed by atoms with E-state index < -0.39 is 11.7 Å². The van der Waals surface area contributed by atoms with Crippen LogP contribution in [0.4, 0.5) is 10.1 Å². The van der Waals surface area contributed by atoms with Crippen LogP contribution in [0.5, 0.6) is 11.5 Å². The van der Waals surface area contributed by atoms with Gasteiger partial charge in [-0.2, -0.15) is 0 Å². The minimum absolute atomic E-state index is 0.171. The zero-order valence-electron chi connectivity index (χ0n) is 15.6. The average molecular weight is 427 g/mol. The van der Waals surface area contributed by atoms with E-state index in [0.29, 0.717) is 11.5 Å². The smallest absolute Gasteiger partial charge is 0.258 e. The number of hydrogen-bond acceptors (Lipinski definition) is 4. The van der Waals surface area contributed by atoms with Crippen molar-refractivity contribution in [1.29, 1.82) is 0 Å². The Labute approximate surface area is 176 Å². The Morgan fingerprint density at radius 3 is 2.57 bits per heavy atom. The molecule has 0 radical (unpaired) electrons. The Hall–Kier alpha value is -3.58. The third kappa shape index (κ3) is 4.21. The Morgan fingerprint density at radius 2 is 1.73 bits per heavy atom. The summed E-state index contributed by atoms with van der Waals surface area (Å²) in [5.41, 5.74) is 1.17. The lowest BCUT2D eigenvalue weighted by Gasteiger charge is -2.12. The van der Waals surface area contributed by atoms with E-state index in [1.807, 2.05) is 6.07 Å². The molecule has 0 aromatic heterocycles. The van der Waals surface area contributed by atoms with Gasteiger partial charge in [-0.05, 0) is 48.0 Å². The van der Waals surface area contributed by atoms with Gasteiger partial charge in [0, 0.05) is 11.6 Å². The van der Waals surface area contributed by atoms with E-state index in [-0.39, 0.29) is 41.1 Å². The largest absolute Gasteiger partial charge is 0.454 e. The van der Waals surface area contributed by atoms with Crippen molar-refractivity contribution in [1.82, 2.24) is 5.32 Å². The van der Waals surface area contributed by atoms with Crippen LogP contribution in [0, 0.1) is 5.82 Å². The highest BCUT2D eigenvalue weighted by atomic mass is 35.5. The molecule has 1 aliphatic rings. The second-order valence-corrected chi connectivity index (χ2v) is 6.93. The first-order chi connectivity index (χ1) is 14.5. The molecule has 0 atom stereocenters. The van der Waals surface area contributed by atoms with Gasteiger partial charge in [0.15, 0.2) is 11.5 Å². The summed E-state index contributed by atoms with van der Waals surface area (Å²) in [5.74, 6) is -0.531. The summed E-state index contributed by atoms with van der Waals surface area (Å²) in [6.45, 7) is 0.427. The van der Waals surface area contributed by atoms with Crippen LogP contribution in [-0.2, 0) is 6.54 Å². The molecular formula is C22H16ClFN2O4. The number of ether oxygens (including phenoxy) is 2. The topological polar surface area (TPSA) is 76.7 Å². The average Bonchev–Trinajstić information content (AvgIpc) is 3.20. The normalized spacial score (nSPS) is 11.8. The maximum atomic E-state index is 14.0. The summed E-state index contributed by atoms with van der Waals surface area (Å²) in [4.78, 5) is 25.1. The molecule has 0 saturated heterocycles. The number of anilines is 1. The van der Waals surface area contributed by atoms with E-state index in [2.05, 4.69) is 10.6 Å². The predicted molar refractivity (Wildman–Crippen MR) is 110 cm³/mol. The van der Waals surface area contributed by atoms with Gasteiger partial charge < -0.3 is 20.1 Å². The predicted octanol–water partition coefficient (Wildman–Crippen LogP) is 4.39. The van der Waals surface area contributed by atoms with Gasteiger partial charge in [-0.3, -0.25) is 9.59 Å². The molecule has 6 nitrogen and oxygen atoms in total. The van der Waals surface area contributed by atoms with Crippen LogP contribution < -0.4 is 20.1 Å². The van der Waals surface area contributed by atoms with Gasteiger partial charge in [0.05, 0.1) is 16.8 Å². The van der Waals surface area contributed by atoms with Crippen LogP contribution >= 0.6 is 11.6 Å². The van der Waals surface area contributed by atoms with Gasteiger partial charge in [-0.15, -0.1) is 0 Å². The molecule has 0 unspecified atom stereocenters. The van der Waals surface area contributed by atoms with Crippen LogP contribution in [0.3, 0.4) is 0 Å². The fourth-order valence-electron chi connectivity index (χ4n) is 2.98. The number of para-hydroxylation sites is 1. The quantitative estimate of drug-likeness (QED) is 0.634. The number of rotatable bonds is 5. The van der Waals surface area contributed by atoms with Crippen LogP contribution in [0.1, 0.15) is 26.3 Å². The van der Waals surface area contributed by atoms with Crippen molar-refractivity contribution in [3.63, 3.8) is 0 Å². The minimum Gasteiger partial charge on any atom is -0.454 e. The van der Waals surface area contributed by atoms with Gasteiger partial charge >= 0.3 is 0 Å². The number of benzene rings is 3. The molecule has 3 aromatic carbocycles. The summed E-state index contributed by atoms with van der Waals surface area (Å²) < 4.78 is 24.6. The number of amides is 2. The first-order valence-corrected chi connectivity index (χ1v) is 9.41. The molecule has 4 rings (SSSR count). The first kappa shape index (κ1) is 19.7. The highest BCUT2D eigenvalue weighted by Crippen LogP contribution is 2.32. The molecule has 1 aliphatic heterocycles. The van der Waals surface area contributed by atoms with E-state index in [0.717, 1.165) is 11.6 Å².